The summed E-state index contributed by atoms with van der Waals surface area (Å²) in [6.45, 7) is 6.23. The van der Waals surface area contributed by atoms with E-state index >= 15 is 0 Å². The molecule has 1 aliphatic heterocycles. The van der Waals surface area contributed by atoms with Gasteiger partial charge in [0.2, 0.25) is 5.91 Å². The highest BCUT2D eigenvalue weighted by Crippen LogP contribution is 2.32. The van der Waals surface area contributed by atoms with E-state index in [0.29, 0.717) is 30.4 Å². The fraction of sp³-hybridized carbons (Fsp3) is 0.292. The molecule has 36 heavy (non-hydrogen) atoms. The summed E-state index contributed by atoms with van der Waals surface area (Å²) in [5, 5.41) is 2.84. The summed E-state index contributed by atoms with van der Waals surface area (Å²) in [5.41, 5.74) is 0.000274. The van der Waals surface area contributed by atoms with Gasteiger partial charge in [-0.05, 0) is 49.7 Å². The molecule has 190 valence electrons. The lowest BCUT2D eigenvalue weighted by Gasteiger charge is -2.24. The molecule has 2 aromatic carbocycles. The molecule has 2 heterocycles. The largest absolute Gasteiger partial charge is 0.573 e. The molecule has 8 nitrogen and oxygen atoms in total. The van der Waals surface area contributed by atoms with Gasteiger partial charge >= 0.3 is 6.36 Å². The summed E-state index contributed by atoms with van der Waals surface area (Å²) in [4.78, 5) is 32.1. The van der Waals surface area contributed by atoms with Crippen molar-refractivity contribution in [2.75, 3.05) is 18.4 Å². The number of fused-ring (bicyclic) bond motifs is 1. The van der Waals surface area contributed by atoms with Gasteiger partial charge < -0.3 is 14.8 Å². The molecule has 3 aromatic rings. The maximum Gasteiger partial charge on any atom is 0.573 e. The van der Waals surface area contributed by atoms with Crippen molar-refractivity contribution in [3.8, 4) is 11.4 Å². The van der Waals surface area contributed by atoms with Crippen molar-refractivity contribution in [1.29, 1.82) is 0 Å². The minimum absolute atomic E-state index is 0.113. The quantitative estimate of drug-likeness (QED) is 0.420. The van der Waals surface area contributed by atoms with Crippen LogP contribution in [0.4, 0.5) is 18.9 Å². The van der Waals surface area contributed by atoms with Crippen LogP contribution in [0.1, 0.15) is 13.3 Å². The number of rotatable bonds is 7. The van der Waals surface area contributed by atoms with Crippen LogP contribution in [-0.2, 0) is 9.53 Å². The second-order valence-electron chi connectivity index (χ2n) is 8.18. The van der Waals surface area contributed by atoms with Gasteiger partial charge in [0.1, 0.15) is 12.4 Å². The Labute approximate surface area is 212 Å². The Bertz CT molecular complexity index is 1360. The predicted octanol–water partition coefficient (Wildman–Crippen LogP) is 4.61. The van der Waals surface area contributed by atoms with E-state index in [-0.39, 0.29) is 17.5 Å². The molecule has 1 saturated heterocycles. The zero-order valence-corrected chi connectivity index (χ0v) is 20.7. The number of hydrogen-bond acceptors (Lipinski definition) is 6. The number of aromatic nitrogens is 2. The van der Waals surface area contributed by atoms with E-state index in [1.807, 2.05) is 4.90 Å². The summed E-state index contributed by atoms with van der Waals surface area (Å²) >= 11 is 3.32. The molecule has 0 spiro atoms. The molecule has 1 fully saturated rings. The summed E-state index contributed by atoms with van der Waals surface area (Å²) in [5.74, 6) is -1.14. The number of ether oxygens (including phenoxy) is 2. The molecular weight excluding hydrogens is 545 g/mol. The lowest BCUT2D eigenvalue weighted by Crippen LogP contribution is -2.41. The van der Waals surface area contributed by atoms with E-state index in [0.717, 1.165) is 10.5 Å². The number of amides is 1. The van der Waals surface area contributed by atoms with Gasteiger partial charge in [0.15, 0.2) is 5.75 Å². The van der Waals surface area contributed by atoms with E-state index in [4.69, 9.17) is 4.74 Å². The number of benzene rings is 2. The second kappa shape index (κ2) is 10.3. The SMILES string of the molecule is C=COC1CCN(C(C)C(=O)Nc2cc(-n3cnc4cc(Br)ccc4c3=O)ccc2OC(F)(F)F)C1. The zero-order chi connectivity index (χ0) is 26.0. The van der Waals surface area contributed by atoms with Gasteiger partial charge in [-0.3, -0.25) is 19.1 Å². The molecule has 4 rings (SSSR count). The minimum Gasteiger partial charge on any atom is -0.497 e. The maximum atomic E-state index is 13.0. The summed E-state index contributed by atoms with van der Waals surface area (Å²) in [6.07, 6.45) is -1.79. The number of anilines is 1. The fourth-order valence-electron chi connectivity index (χ4n) is 4.01. The van der Waals surface area contributed by atoms with Gasteiger partial charge in [0.05, 0.1) is 34.6 Å². The molecular formula is C24H22BrF3N4O4. The van der Waals surface area contributed by atoms with Crippen molar-refractivity contribution >= 4 is 38.4 Å². The van der Waals surface area contributed by atoms with Crippen LogP contribution >= 0.6 is 15.9 Å². The van der Waals surface area contributed by atoms with Crippen LogP contribution in [0.5, 0.6) is 5.75 Å². The molecule has 0 bridgehead atoms. The Kier molecular flexibility index (Phi) is 7.36. The number of likely N-dealkylation sites (tertiary alicyclic amines) is 1. The Balaban J connectivity index is 1.66. The van der Waals surface area contributed by atoms with Gasteiger partial charge in [-0.1, -0.05) is 22.5 Å². The number of carbonyl (C=O) groups is 1. The Morgan fingerprint density at radius 1 is 1.31 bits per heavy atom. The van der Waals surface area contributed by atoms with Gasteiger partial charge in [0, 0.05) is 17.6 Å². The average Bonchev–Trinajstić information content (AvgIpc) is 3.28. The topological polar surface area (TPSA) is 85.7 Å². The van der Waals surface area contributed by atoms with Gasteiger partial charge in [-0.15, -0.1) is 13.2 Å². The number of hydrogen-bond donors (Lipinski definition) is 1. The van der Waals surface area contributed by atoms with Crippen molar-refractivity contribution < 1.29 is 27.4 Å². The van der Waals surface area contributed by atoms with Gasteiger partial charge in [-0.2, -0.15) is 0 Å². The third kappa shape index (κ3) is 5.71. The minimum atomic E-state index is -4.98. The van der Waals surface area contributed by atoms with E-state index in [1.54, 1.807) is 25.1 Å². The number of nitrogens with zero attached hydrogens (tertiary/aromatic N) is 3. The van der Waals surface area contributed by atoms with Crippen LogP contribution < -0.4 is 15.6 Å². The zero-order valence-electron chi connectivity index (χ0n) is 19.1. The highest BCUT2D eigenvalue weighted by atomic mass is 79.9. The van der Waals surface area contributed by atoms with Crippen molar-refractivity contribution in [1.82, 2.24) is 14.5 Å². The van der Waals surface area contributed by atoms with Crippen LogP contribution in [0, 0.1) is 0 Å². The van der Waals surface area contributed by atoms with E-state index in [9.17, 15) is 22.8 Å². The molecule has 0 aliphatic carbocycles. The molecule has 1 aromatic heterocycles. The first kappa shape index (κ1) is 25.7. The first-order valence-electron chi connectivity index (χ1n) is 10.9. The fourth-order valence-corrected chi connectivity index (χ4v) is 4.36. The third-order valence-corrected chi connectivity index (χ3v) is 6.33. The summed E-state index contributed by atoms with van der Waals surface area (Å²) < 4.78 is 50.5. The summed E-state index contributed by atoms with van der Waals surface area (Å²) in [6, 6.07) is 7.87. The Morgan fingerprint density at radius 2 is 2.08 bits per heavy atom. The van der Waals surface area contributed by atoms with Crippen LogP contribution in [0.2, 0.25) is 0 Å². The van der Waals surface area contributed by atoms with Crippen molar-refractivity contribution in [2.24, 2.45) is 0 Å². The number of alkyl halides is 3. The molecule has 0 radical (unpaired) electrons. The lowest BCUT2D eigenvalue weighted by molar-refractivity contribution is -0.274. The standard InChI is InChI=1S/C24H22BrF3N4O4/c1-3-35-17-8-9-31(12-17)14(2)22(33)30-20-11-16(5-7-21(20)36-24(26,27)28)32-13-29-19-10-15(25)4-6-18(19)23(32)34/h3-7,10-11,13-14,17H,1,8-9,12H2,2H3,(H,30,33). The van der Waals surface area contributed by atoms with E-state index in [2.05, 4.69) is 37.5 Å². The Morgan fingerprint density at radius 3 is 2.81 bits per heavy atom. The maximum absolute atomic E-state index is 13.0. The first-order chi connectivity index (χ1) is 17.1. The van der Waals surface area contributed by atoms with E-state index in [1.165, 1.54) is 29.3 Å². The Hall–Kier alpha value is -3.38. The summed E-state index contributed by atoms with van der Waals surface area (Å²) in [7, 11) is 0. The predicted molar refractivity (Wildman–Crippen MR) is 131 cm³/mol. The van der Waals surface area contributed by atoms with Gasteiger partial charge in [0.25, 0.3) is 5.56 Å². The number of nitrogens with one attached hydrogen (secondary N) is 1. The smallest absolute Gasteiger partial charge is 0.497 e. The second-order valence-corrected chi connectivity index (χ2v) is 9.10. The van der Waals surface area contributed by atoms with E-state index < -0.39 is 29.6 Å². The molecule has 1 N–H and O–H groups in total. The molecule has 2 unspecified atom stereocenters. The van der Waals surface area contributed by atoms with Gasteiger partial charge in [-0.25, -0.2) is 4.98 Å². The normalized spacial score (nSPS) is 17.1. The molecule has 1 aliphatic rings. The lowest BCUT2D eigenvalue weighted by atomic mass is 10.2. The van der Waals surface area contributed by atoms with Crippen LogP contribution in [0.3, 0.4) is 0 Å². The third-order valence-electron chi connectivity index (χ3n) is 5.84. The molecule has 1 amide bonds. The highest BCUT2D eigenvalue weighted by molar-refractivity contribution is 9.10. The highest BCUT2D eigenvalue weighted by Gasteiger charge is 2.34. The van der Waals surface area contributed by atoms with Crippen LogP contribution in [-0.4, -0.2) is 52.0 Å². The molecule has 2 atom stereocenters. The number of carbonyl (C=O) groups excluding carboxylic acids is 1. The molecule has 0 saturated carbocycles. The van der Waals surface area contributed by atoms with Crippen LogP contribution in [0.25, 0.3) is 16.6 Å². The number of halogens is 4. The first-order valence-corrected chi connectivity index (χ1v) is 11.7. The average molecular weight is 567 g/mol. The van der Waals surface area contributed by atoms with Crippen molar-refractivity contribution in [2.45, 2.75) is 31.9 Å². The van der Waals surface area contributed by atoms with Crippen molar-refractivity contribution in [3.05, 3.63) is 70.4 Å². The van der Waals surface area contributed by atoms with Crippen LogP contribution in [0.15, 0.2) is 64.8 Å². The van der Waals surface area contributed by atoms with Crippen molar-refractivity contribution in [3.63, 3.8) is 0 Å². The molecule has 12 heteroatoms. The monoisotopic (exact) mass is 566 g/mol.